The van der Waals surface area contributed by atoms with Crippen molar-refractivity contribution in [3.05, 3.63) is 59.4 Å². The molecular weight excluding hydrogens is 410 g/mol. The number of methoxy groups -OCH3 is 2. The molecule has 0 amide bonds. The Hall–Kier alpha value is -3.26. The largest absolute Gasteiger partial charge is 0.497 e. The minimum Gasteiger partial charge on any atom is -0.497 e. The Balaban J connectivity index is 1.74. The van der Waals surface area contributed by atoms with Gasteiger partial charge < -0.3 is 19.8 Å². The van der Waals surface area contributed by atoms with Gasteiger partial charge in [0.25, 0.3) is 0 Å². The lowest BCUT2D eigenvalue weighted by Gasteiger charge is -2.12. The van der Waals surface area contributed by atoms with Gasteiger partial charge >= 0.3 is 0 Å². The first kappa shape index (κ1) is 21.0. The van der Waals surface area contributed by atoms with Crippen LogP contribution in [0.3, 0.4) is 0 Å². The van der Waals surface area contributed by atoms with Gasteiger partial charge in [0.15, 0.2) is 22.1 Å². The van der Waals surface area contributed by atoms with Crippen molar-refractivity contribution in [1.29, 1.82) is 0 Å². The molecule has 2 N–H and O–H groups in total. The second-order valence-corrected chi connectivity index (χ2v) is 8.35. The smallest absolute Gasteiger partial charge is 0.175 e. The minimum atomic E-state index is 0.370. The van der Waals surface area contributed by atoms with Crippen molar-refractivity contribution >= 4 is 28.7 Å². The highest BCUT2D eigenvalue weighted by Crippen LogP contribution is 2.38. The molecule has 0 spiro atoms. The van der Waals surface area contributed by atoms with Crippen molar-refractivity contribution < 1.29 is 9.47 Å². The maximum absolute atomic E-state index is 6.10. The van der Waals surface area contributed by atoms with Gasteiger partial charge in [-0.05, 0) is 55.8 Å². The van der Waals surface area contributed by atoms with E-state index < -0.39 is 0 Å². The molecule has 0 fully saturated rings. The van der Waals surface area contributed by atoms with Crippen molar-refractivity contribution in [3.63, 3.8) is 0 Å². The molecule has 0 atom stereocenters. The van der Waals surface area contributed by atoms with Gasteiger partial charge in [0.05, 0.1) is 19.1 Å². The molecule has 0 unspecified atom stereocenters. The topological polar surface area (TPSA) is 88.1 Å². The first-order valence-electron chi connectivity index (χ1n) is 9.92. The Morgan fingerprint density at radius 2 is 1.77 bits per heavy atom. The van der Waals surface area contributed by atoms with Gasteiger partial charge in [-0.25, -0.2) is 15.0 Å². The number of aryl methyl sites for hydroxylation is 4. The van der Waals surface area contributed by atoms with Crippen LogP contribution in [0.5, 0.6) is 11.5 Å². The molecule has 160 valence electrons. The highest BCUT2D eigenvalue weighted by Gasteiger charge is 2.18. The van der Waals surface area contributed by atoms with E-state index in [0.29, 0.717) is 17.9 Å². The first-order chi connectivity index (χ1) is 15.0. The zero-order chi connectivity index (χ0) is 22.0. The van der Waals surface area contributed by atoms with Crippen molar-refractivity contribution in [3.8, 4) is 11.5 Å². The van der Waals surface area contributed by atoms with Crippen LogP contribution in [-0.2, 0) is 13.0 Å². The van der Waals surface area contributed by atoms with Crippen LogP contribution in [-0.4, -0.2) is 33.7 Å². The molecule has 0 radical (unpaired) electrons. The predicted molar refractivity (Wildman–Crippen MR) is 123 cm³/mol. The molecule has 0 aliphatic heterocycles. The number of ether oxygens (including phenoxy) is 2. The number of nitrogen functional groups attached to an aromatic ring is 1. The Morgan fingerprint density at radius 3 is 2.48 bits per heavy atom. The zero-order valence-corrected chi connectivity index (χ0v) is 18.9. The third-order valence-corrected chi connectivity index (χ3v) is 6.04. The maximum Gasteiger partial charge on any atom is 0.175 e. The summed E-state index contributed by atoms with van der Waals surface area (Å²) in [6.07, 6.45) is 2.33. The van der Waals surface area contributed by atoms with E-state index in [1.54, 1.807) is 14.2 Å². The van der Waals surface area contributed by atoms with E-state index in [-0.39, 0.29) is 0 Å². The predicted octanol–water partition coefficient (Wildman–Crippen LogP) is 4.44. The summed E-state index contributed by atoms with van der Waals surface area (Å²) in [5.41, 5.74) is 11.2. The molecule has 0 saturated heterocycles. The van der Waals surface area contributed by atoms with E-state index in [1.807, 2.05) is 18.2 Å². The van der Waals surface area contributed by atoms with Crippen molar-refractivity contribution in [2.75, 3.05) is 20.0 Å². The fourth-order valence-corrected chi connectivity index (χ4v) is 4.68. The summed E-state index contributed by atoms with van der Waals surface area (Å²) in [5, 5.41) is 0.776. The molecular formula is C23H25N5O2S. The number of aromatic nitrogens is 4. The SMILES string of the molecule is COc1ccc(OC)c(Sc2nc3c(N)ncnc3n2CCc2cc(C)cc(C)c2)c1. The van der Waals surface area contributed by atoms with Crippen LogP contribution < -0.4 is 15.2 Å². The summed E-state index contributed by atoms with van der Waals surface area (Å²) in [6, 6.07) is 12.3. The van der Waals surface area contributed by atoms with Crippen molar-refractivity contribution in [2.24, 2.45) is 0 Å². The molecule has 31 heavy (non-hydrogen) atoms. The fourth-order valence-electron chi connectivity index (χ4n) is 3.63. The third kappa shape index (κ3) is 4.44. The van der Waals surface area contributed by atoms with Crippen LogP contribution in [0, 0.1) is 13.8 Å². The molecule has 8 heteroatoms. The highest BCUT2D eigenvalue weighted by molar-refractivity contribution is 7.99. The van der Waals surface area contributed by atoms with Crippen LogP contribution in [0.2, 0.25) is 0 Å². The summed E-state index contributed by atoms with van der Waals surface area (Å²) in [6.45, 7) is 4.95. The minimum absolute atomic E-state index is 0.370. The summed E-state index contributed by atoms with van der Waals surface area (Å²) in [4.78, 5) is 14.2. The van der Waals surface area contributed by atoms with Gasteiger partial charge in [-0.15, -0.1) is 0 Å². The van der Waals surface area contributed by atoms with Gasteiger partial charge in [0.1, 0.15) is 17.8 Å². The van der Waals surface area contributed by atoms with Crippen LogP contribution in [0.15, 0.2) is 52.8 Å². The Morgan fingerprint density at radius 1 is 1.00 bits per heavy atom. The molecule has 0 aliphatic rings. The number of nitrogens with two attached hydrogens (primary N) is 1. The second kappa shape index (κ2) is 8.85. The van der Waals surface area contributed by atoms with E-state index in [1.165, 1.54) is 34.8 Å². The standard InChI is InChI=1S/C23H25N5O2S/c1-14-9-15(2)11-16(10-14)7-8-28-22-20(21(24)25-13-26-22)27-23(28)31-19-12-17(29-3)5-6-18(19)30-4/h5-6,9-13H,7-8H2,1-4H3,(H2,24,25,26). The van der Waals surface area contributed by atoms with Gasteiger partial charge in [-0.2, -0.15) is 0 Å². The number of rotatable bonds is 7. The van der Waals surface area contributed by atoms with Gasteiger partial charge in [0, 0.05) is 6.54 Å². The number of benzene rings is 2. The molecule has 0 bridgehead atoms. The maximum atomic E-state index is 6.10. The van der Waals surface area contributed by atoms with E-state index in [9.17, 15) is 0 Å². The lowest BCUT2D eigenvalue weighted by atomic mass is 10.1. The summed E-state index contributed by atoms with van der Waals surface area (Å²) >= 11 is 1.49. The lowest BCUT2D eigenvalue weighted by molar-refractivity contribution is 0.394. The van der Waals surface area contributed by atoms with E-state index in [0.717, 1.165) is 33.6 Å². The Kier molecular flexibility index (Phi) is 5.99. The van der Waals surface area contributed by atoms with Gasteiger partial charge in [0.2, 0.25) is 0 Å². The Labute approximate surface area is 185 Å². The normalized spacial score (nSPS) is 11.1. The molecule has 2 aromatic carbocycles. The number of fused-ring (bicyclic) bond motifs is 1. The molecule has 7 nitrogen and oxygen atoms in total. The number of hydrogen-bond acceptors (Lipinski definition) is 7. The summed E-state index contributed by atoms with van der Waals surface area (Å²) in [7, 11) is 3.30. The van der Waals surface area contributed by atoms with Gasteiger partial charge in [-0.3, -0.25) is 0 Å². The quantitative estimate of drug-likeness (QED) is 0.459. The molecule has 0 aliphatic carbocycles. The highest BCUT2D eigenvalue weighted by atomic mass is 32.2. The number of anilines is 1. The van der Waals surface area contributed by atoms with Gasteiger partial charge in [-0.1, -0.05) is 29.3 Å². The Bertz CT molecular complexity index is 1220. The van der Waals surface area contributed by atoms with Crippen molar-refractivity contribution in [1.82, 2.24) is 19.5 Å². The second-order valence-electron chi connectivity index (χ2n) is 7.34. The monoisotopic (exact) mass is 435 g/mol. The fraction of sp³-hybridized carbons (Fsp3) is 0.261. The van der Waals surface area contributed by atoms with E-state index in [2.05, 4.69) is 46.6 Å². The molecule has 2 aromatic heterocycles. The number of nitrogens with zero attached hydrogens (tertiary/aromatic N) is 4. The zero-order valence-electron chi connectivity index (χ0n) is 18.0. The number of imidazole rings is 1. The van der Waals surface area contributed by atoms with Crippen LogP contribution in [0.1, 0.15) is 16.7 Å². The van der Waals surface area contributed by atoms with E-state index >= 15 is 0 Å². The first-order valence-corrected chi connectivity index (χ1v) is 10.7. The summed E-state index contributed by atoms with van der Waals surface area (Å²) in [5.74, 6) is 1.87. The molecule has 0 saturated carbocycles. The number of hydrogen-bond donors (Lipinski definition) is 1. The van der Waals surface area contributed by atoms with Crippen molar-refractivity contribution in [2.45, 2.75) is 36.9 Å². The third-order valence-electron chi connectivity index (χ3n) is 5.00. The average Bonchev–Trinajstić information content (AvgIpc) is 3.10. The molecule has 2 heterocycles. The van der Waals surface area contributed by atoms with Crippen LogP contribution in [0.4, 0.5) is 5.82 Å². The van der Waals surface area contributed by atoms with Crippen LogP contribution in [0.25, 0.3) is 11.2 Å². The lowest BCUT2D eigenvalue weighted by Crippen LogP contribution is -2.05. The van der Waals surface area contributed by atoms with Crippen LogP contribution >= 0.6 is 11.8 Å². The molecule has 4 rings (SSSR count). The average molecular weight is 436 g/mol. The van der Waals surface area contributed by atoms with E-state index in [4.69, 9.17) is 20.2 Å². The summed E-state index contributed by atoms with van der Waals surface area (Å²) < 4.78 is 13.0. The molecule has 4 aromatic rings.